The number of rotatable bonds is 7. The molecule has 164 valence electrons. The average molecular weight is 434 g/mol. The van der Waals surface area contributed by atoms with Crippen LogP contribution in [0.3, 0.4) is 0 Å². The lowest BCUT2D eigenvalue weighted by Gasteiger charge is -2.31. The van der Waals surface area contributed by atoms with Crippen molar-refractivity contribution in [2.24, 2.45) is 5.92 Å². The minimum atomic E-state index is -0.730. The van der Waals surface area contributed by atoms with Crippen LogP contribution in [-0.2, 0) is 9.59 Å². The quantitative estimate of drug-likeness (QED) is 0.611. The van der Waals surface area contributed by atoms with Crippen LogP contribution >= 0.6 is 11.8 Å². The zero-order valence-electron chi connectivity index (χ0n) is 18.1. The average Bonchev–Trinajstić information content (AvgIpc) is 3.10. The second kappa shape index (κ2) is 8.59. The van der Waals surface area contributed by atoms with Crippen molar-refractivity contribution in [2.45, 2.75) is 69.3 Å². The zero-order valence-corrected chi connectivity index (χ0v) is 19.0. The number of amides is 3. The van der Waals surface area contributed by atoms with Crippen LogP contribution in [0.4, 0.5) is 0 Å². The molecule has 30 heavy (non-hydrogen) atoms. The van der Waals surface area contributed by atoms with Gasteiger partial charge in [-0.25, -0.2) is 0 Å². The van der Waals surface area contributed by atoms with Crippen LogP contribution in [0.15, 0.2) is 24.3 Å². The highest BCUT2D eigenvalue weighted by Crippen LogP contribution is 2.56. The van der Waals surface area contributed by atoms with E-state index in [1.54, 1.807) is 29.7 Å². The maximum absolute atomic E-state index is 13.4. The van der Waals surface area contributed by atoms with Crippen molar-refractivity contribution in [2.75, 3.05) is 6.61 Å². The minimum Gasteiger partial charge on any atom is -0.394 e. The summed E-state index contributed by atoms with van der Waals surface area (Å²) < 4.78 is -0.505. The topological polar surface area (TPSA) is 98.7 Å². The maximum Gasteiger partial charge on any atom is 0.256 e. The molecule has 1 saturated heterocycles. The van der Waals surface area contributed by atoms with Crippen LogP contribution in [0, 0.1) is 5.92 Å². The Hall–Kier alpha value is -2.06. The molecule has 0 saturated carbocycles. The zero-order chi connectivity index (χ0) is 22.2. The molecule has 2 heterocycles. The summed E-state index contributed by atoms with van der Waals surface area (Å²) in [5, 5.41) is 14.7. The van der Waals surface area contributed by atoms with Crippen LogP contribution in [-0.4, -0.2) is 57.2 Å². The molecule has 1 fully saturated rings. The number of nitrogens with zero attached hydrogens (tertiary/aromatic N) is 1. The Morgan fingerprint density at radius 2 is 1.87 bits per heavy atom. The van der Waals surface area contributed by atoms with E-state index in [1.807, 2.05) is 45.9 Å². The van der Waals surface area contributed by atoms with E-state index >= 15 is 0 Å². The predicted octanol–water partition coefficient (Wildman–Crippen LogP) is 2.06. The van der Waals surface area contributed by atoms with Gasteiger partial charge < -0.3 is 20.6 Å². The van der Waals surface area contributed by atoms with Gasteiger partial charge in [-0.15, -0.1) is 11.8 Å². The van der Waals surface area contributed by atoms with E-state index in [0.717, 1.165) is 5.56 Å². The fourth-order valence-corrected chi connectivity index (χ4v) is 5.74. The lowest BCUT2D eigenvalue weighted by atomic mass is 9.98. The first-order valence-electron chi connectivity index (χ1n) is 10.4. The number of aliphatic hydroxyl groups is 1. The Bertz CT molecular complexity index is 841. The van der Waals surface area contributed by atoms with Gasteiger partial charge in [-0.1, -0.05) is 32.0 Å². The van der Waals surface area contributed by atoms with Gasteiger partial charge in [0.05, 0.1) is 6.61 Å². The van der Waals surface area contributed by atoms with Crippen LogP contribution in [0.2, 0.25) is 0 Å². The molecular weight excluding hydrogens is 402 g/mol. The Kier molecular flexibility index (Phi) is 6.48. The van der Waals surface area contributed by atoms with Crippen molar-refractivity contribution in [3.05, 3.63) is 35.4 Å². The van der Waals surface area contributed by atoms with Crippen molar-refractivity contribution < 1.29 is 19.5 Å². The van der Waals surface area contributed by atoms with Gasteiger partial charge in [0.2, 0.25) is 11.8 Å². The molecule has 0 aromatic heterocycles. The number of benzene rings is 1. The molecule has 1 aromatic rings. The van der Waals surface area contributed by atoms with E-state index in [4.69, 9.17) is 0 Å². The summed E-state index contributed by atoms with van der Waals surface area (Å²) in [7, 11) is 0. The summed E-state index contributed by atoms with van der Waals surface area (Å²) >= 11 is 1.60. The van der Waals surface area contributed by atoms with E-state index in [2.05, 4.69) is 10.6 Å². The van der Waals surface area contributed by atoms with E-state index < -0.39 is 22.9 Å². The van der Waals surface area contributed by atoms with Crippen molar-refractivity contribution in [1.29, 1.82) is 0 Å². The van der Waals surface area contributed by atoms with Crippen molar-refractivity contribution in [3.63, 3.8) is 0 Å². The molecule has 3 N–H and O–H groups in total. The third-order valence-electron chi connectivity index (χ3n) is 5.55. The molecule has 0 radical (unpaired) electrons. The van der Waals surface area contributed by atoms with Crippen molar-refractivity contribution >= 4 is 29.5 Å². The molecule has 2 aliphatic heterocycles. The van der Waals surface area contributed by atoms with Crippen LogP contribution in [0.25, 0.3) is 0 Å². The molecule has 4 atom stereocenters. The number of thioether (sulfide) groups is 1. The van der Waals surface area contributed by atoms with Crippen molar-refractivity contribution in [1.82, 2.24) is 15.5 Å². The highest BCUT2D eigenvalue weighted by molar-refractivity contribution is 8.01. The molecule has 8 heteroatoms. The summed E-state index contributed by atoms with van der Waals surface area (Å²) in [6.07, 6.45) is 0.466. The Labute approximate surface area is 182 Å². The first-order chi connectivity index (χ1) is 14.1. The number of nitrogens with one attached hydrogen (secondary N) is 2. The standard InChI is InChI=1S/C22H31N3O4S/c1-12(2)10-16(18(27)23-13(3)11-26)24-19(28)17-22(4,5)30-21-15-9-7-6-8-14(15)20(29)25(17)21/h6-9,12-13,16-17,21,26H,10-11H2,1-5H3,(H,23,27)(H,24,28)/t13-,16-,17+,21?/m0/s1. The Balaban J connectivity index is 1.83. The molecule has 0 bridgehead atoms. The fourth-order valence-electron chi connectivity index (χ4n) is 4.15. The summed E-state index contributed by atoms with van der Waals surface area (Å²) in [5.41, 5.74) is 1.57. The normalized spacial score (nSPS) is 23.7. The highest BCUT2D eigenvalue weighted by atomic mass is 32.2. The molecule has 3 rings (SSSR count). The first-order valence-corrected chi connectivity index (χ1v) is 11.3. The highest BCUT2D eigenvalue weighted by Gasteiger charge is 2.57. The van der Waals surface area contributed by atoms with E-state index in [1.165, 1.54) is 0 Å². The summed E-state index contributed by atoms with van der Waals surface area (Å²) in [5.74, 6) is -0.613. The third kappa shape index (κ3) is 4.21. The minimum absolute atomic E-state index is 0.146. The van der Waals surface area contributed by atoms with Gasteiger partial charge in [-0.05, 0) is 44.7 Å². The smallest absolute Gasteiger partial charge is 0.256 e. The first kappa shape index (κ1) is 22.6. The molecule has 3 amide bonds. The van der Waals surface area contributed by atoms with Gasteiger partial charge in [0.1, 0.15) is 17.5 Å². The number of carbonyl (C=O) groups is 3. The second-order valence-electron chi connectivity index (χ2n) is 9.06. The number of hydrogen-bond donors (Lipinski definition) is 3. The summed E-state index contributed by atoms with van der Waals surface area (Å²) in [6, 6.07) is 5.64. The van der Waals surface area contributed by atoms with Crippen LogP contribution in [0.1, 0.15) is 62.3 Å². The van der Waals surface area contributed by atoms with Gasteiger partial charge in [0, 0.05) is 16.4 Å². The van der Waals surface area contributed by atoms with Gasteiger partial charge in [0.15, 0.2) is 0 Å². The summed E-state index contributed by atoms with van der Waals surface area (Å²) in [4.78, 5) is 40.9. The molecule has 1 unspecified atom stereocenters. The number of hydrogen-bond acceptors (Lipinski definition) is 5. The van der Waals surface area contributed by atoms with E-state index in [-0.39, 0.29) is 35.6 Å². The Morgan fingerprint density at radius 1 is 1.20 bits per heavy atom. The molecule has 1 aromatic carbocycles. The Morgan fingerprint density at radius 3 is 2.50 bits per heavy atom. The number of carbonyl (C=O) groups excluding carboxylic acids is 3. The van der Waals surface area contributed by atoms with Crippen LogP contribution < -0.4 is 10.6 Å². The lowest BCUT2D eigenvalue weighted by molar-refractivity contribution is -0.132. The van der Waals surface area contributed by atoms with E-state index in [9.17, 15) is 19.5 Å². The fraction of sp³-hybridized carbons (Fsp3) is 0.591. The van der Waals surface area contributed by atoms with Gasteiger partial charge in [0.25, 0.3) is 5.91 Å². The van der Waals surface area contributed by atoms with Crippen LogP contribution in [0.5, 0.6) is 0 Å². The molecular formula is C22H31N3O4S. The summed E-state index contributed by atoms with van der Waals surface area (Å²) in [6.45, 7) is 9.40. The molecule has 0 spiro atoms. The number of fused-ring (bicyclic) bond motifs is 3. The van der Waals surface area contributed by atoms with E-state index in [0.29, 0.717) is 12.0 Å². The lowest BCUT2D eigenvalue weighted by Crippen LogP contribution is -2.58. The molecule has 2 aliphatic rings. The van der Waals surface area contributed by atoms with Crippen molar-refractivity contribution in [3.8, 4) is 0 Å². The number of aliphatic hydroxyl groups excluding tert-OH is 1. The van der Waals surface area contributed by atoms with Gasteiger partial charge in [-0.2, -0.15) is 0 Å². The second-order valence-corrected chi connectivity index (χ2v) is 10.8. The SMILES string of the molecule is CC(C)C[C@H](NC(=O)[C@H]1N2C(=O)c3ccccc3C2SC1(C)C)C(=O)N[C@@H](C)CO. The largest absolute Gasteiger partial charge is 0.394 e. The predicted molar refractivity (Wildman–Crippen MR) is 117 cm³/mol. The van der Waals surface area contributed by atoms with Gasteiger partial charge in [-0.3, -0.25) is 14.4 Å². The monoisotopic (exact) mass is 433 g/mol. The molecule has 7 nitrogen and oxygen atoms in total. The van der Waals surface area contributed by atoms with Gasteiger partial charge >= 0.3 is 0 Å². The maximum atomic E-state index is 13.4. The third-order valence-corrected chi connectivity index (χ3v) is 7.08. The molecule has 0 aliphatic carbocycles.